The van der Waals surface area contributed by atoms with E-state index in [2.05, 4.69) is 29.8 Å². The van der Waals surface area contributed by atoms with E-state index in [1.807, 2.05) is 18.0 Å². The Kier molecular flexibility index (Phi) is 3.71. The first-order valence-corrected chi connectivity index (χ1v) is 6.77. The minimum absolute atomic E-state index is 0.570. The fraction of sp³-hybridized carbons (Fsp3) is 0.583. The van der Waals surface area contributed by atoms with Crippen LogP contribution in [0.1, 0.15) is 18.1 Å². The van der Waals surface area contributed by atoms with Crippen LogP contribution in [0.5, 0.6) is 0 Å². The molecule has 1 fully saturated rings. The number of hydrogen-bond donors (Lipinski definition) is 1. The standard InChI is InChI=1S/C12H19N3S/c1-9-5-11(6-13)7-14-12(9)15-3-4-16-10(2)8-15/h5,7,10H,3-4,6,8,13H2,1-2H3. The number of aromatic nitrogens is 1. The second-order valence-electron chi connectivity index (χ2n) is 4.32. The van der Waals surface area contributed by atoms with Gasteiger partial charge in [-0.2, -0.15) is 11.8 Å². The first kappa shape index (κ1) is 11.7. The lowest BCUT2D eigenvalue weighted by Crippen LogP contribution is -2.37. The molecule has 1 unspecified atom stereocenters. The lowest BCUT2D eigenvalue weighted by atomic mass is 10.2. The van der Waals surface area contributed by atoms with Gasteiger partial charge >= 0.3 is 0 Å². The van der Waals surface area contributed by atoms with Gasteiger partial charge in [-0.15, -0.1) is 0 Å². The summed E-state index contributed by atoms with van der Waals surface area (Å²) in [5.41, 5.74) is 7.96. The second kappa shape index (κ2) is 5.06. The molecular formula is C12H19N3S. The Morgan fingerprint density at radius 3 is 3.06 bits per heavy atom. The molecule has 0 aromatic carbocycles. The van der Waals surface area contributed by atoms with Crippen molar-refractivity contribution < 1.29 is 0 Å². The molecule has 16 heavy (non-hydrogen) atoms. The van der Waals surface area contributed by atoms with E-state index in [1.165, 1.54) is 11.3 Å². The first-order valence-electron chi connectivity index (χ1n) is 5.73. The van der Waals surface area contributed by atoms with Crippen LogP contribution in [0, 0.1) is 6.92 Å². The maximum absolute atomic E-state index is 5.61. The van der Waals surface area contributed by atoms with Gasteiger partial charge in [0.15, 0.2) is 0 Å². The molecule has 2 rings (SSSR count). The Bertz CT molecular complexity index is 367. The van der Waals surface area contributed by atoms with E-state index in [0.29, 0.717) is 11.8 Å². The van der Waals surface area contributed by atoms with Crippen LogP contribution in [0.2, 0.25) is 0 Å². The summed E-state index contributed by atoms with van der Waals surface area (Å²) in [4.78, 5) is 6.93. The van der Waals surface area contributed by atoms with Gasteiger partial charge in [-0.05, 0) is 24.1 Å². The molecule has 0 aliphatic carbocycles. The van der Waals surface area contributed by atoms with E-state index in [4.69, 9.17) is 5.73 Å². The summed E-state index contributed by atoms with van der Waals surface area (Å²) in [6.45, 7) is 7.17. The van der Waals surface area contributed by atoms with Crippen LogP contribution in [-0.2, 0) is 6.54 Å². The van der Waals surface area contributed by atoms with E-state index >= 15 is 0 Å². The van der Waals surface area contributed by atoms with Gasteiger partial charge in [-0.25, -0.2) is 4.98 Å². The zero-order valence-corrected chi connectivity index (χ0v) is 10.8. The molecule has 3 nitrogen and oxygen atoms in total. The highest BCUT2D eigenvalue weighted by Crippen LogP contribution is 2.24. The van der Waals surface area contributed by atoms with Crippen molar-refractivity contribution in [3.05, 3.63) is 23.4 Å². The number of nitrogens with two attached hydrogens (primary N) is 1. The summed E-state index contributed by atoms with van der Waals surface area (Å²) in [6, 6.07) is 2.15. The fourth-order valence-electron chi connectivity index (χ4n) is 2.08. The van der Waals surface area contributed by atoms with Gasteiger partial charge in [-0.3, -0.25) is 0 Å². The lowest BCUT2D eigenvalue weighted by molar-refractivity contribution is 0.765. The Morgan fingerprint density at radius 1 is 1.62 bits per heavy atom. The number of anilines is 1. The normalized spacial score (nSPS) is 21.2. The van der Waals surface area contributed by atoms with Gasteiger partial charge in [0.25, 0.3) is 0 Å². The molecule has 1 aromatic heterocycles. The van der Waals surface area contributed by atoms with E-state index in [9.17, 15) is 0 Å². The minimum atomic E-state index is 0.570. The zero-order chi connectivity index (χ0) is 11.5. The molecule has 88 valence electrons. The highest BCUT2D eigenvalue weighted by atomic mass is 32.2. The van der Waals surface area contributed by atoms with Gasteiger partial charge in [0.2, 0.25) is 0 Å². The maximum atomic E-state index is 5.61. The van der Waals surface area contributed by atoms with Crippen molar-refractivity contribution in [2.24, 2.45) is 5.73 Å². The fourth-order valence-corrected chi connectivity index (χ4v) is 3.09. The molecule has 0 amide bonds. The van der Waals surface area contributed by atoms with Crippen LogP contribution < -0.4 is 10.6 Å². The number of aryl methyl sites for hydroxylation is 1. The van der Waals surface area contributed by atoms with Crippen molar-refractivity contribution in [1.29, 1.82) is 0 Å². The van der Waals surface area contributed by atoms with E-state index < -0.39 is 0 Å². The zero-order valence-electron chi connectivity index (χ0n) is 9.94. The van der Waals surface area contributed by atoms with Gasteiger partial charge in [0.1, 0.15) is 5.82 Å². The number of pyridine rings is 1. The molecule has 2 N–H and O–H groups in total. The summed E-state index contributed by atoms with van der Waals surface area (Å²) in [7, 11) is 0. The molecule has 1 aromatic rings. The van der Waals surface area contributed by atoms with Crippen molar-refractivity contribution in [3.8, 4) is 0 Å². The van der Waals surface area contributed by atoms with Crippen LogP contribution in [0.4, 0.5) is 5.82 Å². The summed E-state index contributed by atoms with van der Waals surface area (Å²) < 4.78 is 0. The molecule has 1 aliphatic rings. The number of rotatable bonds is 2. The molecule has 4 heteroatoms. The number of nitrogens with zero attached hydrogens (tertiary/aromatic N) is 2. The Balaban J connectivity index is 2.19. The lowest BCUT2D eigenvalue weighted by Gasteiger charge is -2.32. The summed E-state index contributed by atoms with van der Waals surface area (Å²) >= 11 is 2.04. The van der Waals surface area contributed by atoms with Crippen molar-refractivity contribution in [2.75, 3.05) is 23.7 Å². The summed E-state index contributed by atoms with van der Waals surface area (Å²) in [5.74, 6) is 2.32. The predicted molar refractivity (Wildman–Crippen MR) is 71.0 cm³/mol. The topological polar surface area (TPSA) is 42.1 Å². The Labute approximate surface area is 101 Å². The molecule has 0 saturated carbocycles. The second-order valence-corrected chi connectivity index (χ2v) is 5.86. The summed E-state index contributed by atoms with van der Waals surface area (Å²) in [6.07, 6.45) is 1.90. The van der Waals surface area contributed by atoms with Crippen molar-refractivity contribution in [2.45, 2.75) is 25.6 Å². The van der Waals surface area contributed by atoms with Crippen molar-refractivity contribution >= 4 is 17.6 Å². The number of hydrogen-bond acceptors (Lipinski definition) is 4. The van der Waals surface area contributed by atoms with E-state index in [1.54, 1.807) is 0 Å². The average molecular weight is 237 g/mol. The molecule has 0 bridgehead atoms. The third-order valence-corrected chi connectivity index (χ3v) is 4.02. The molecule has 1 saturated heterocycles. The van der Waals surface area contributed by atoms with Crippen LogP contribution >= 0.6 is 11.8 Å². The molecule has 0 spiro atoms. The van der Waals surface area contributed by atoms with E-state index in [0.717, 1.165) is 24.5 Å². The molecular weight excluding hydrogens is 218 g/mol. The smallest absolute Gasteiger partial charge is 0.131 e. The van der Waals surface area contributed by atoms with Gasteiger partial charge in [-0.1, -0.05) is 6.92 Å². The third kappa shape index (κ3) is 2.50. The van der Waals surface area contributed by atoms with Gasteiger partial charge in [0.05, 0.1) is 0 Å². The monoisotopic (exact) mass is 237 g/mol. The molecule has 1 aliphatic heterocycles. The Hall–Kier alpha value is -0.740. The average Bonchev–Trinajstić information content (AvgIpc) is 2.28. The predicted octanol–water partition coefficient (Wildman–Crippen LogP) is 1.79. The number of thioether (sulfide) groups is 1. The third-order valence-electron chi connectivity index (χ3n) is 2.88. The van der Waals surface area contributed by atoms with Gasteiger partial charge < -0.3 is 10.6 Å². The van der Waals surface area contributed by atoms with Crippen LogP contribution in [0.25, 0.3) is 0 Å². The van der Waals surface area contributed by atoms with Crippen LogP contribution in [0.3, 0.4) is 0 Å². The summed E-state index contributed by atoms with van der Waals surface area (Å²) in [5, 5.41) is 0.698. The highest BCUT2D eigenvalue weighted by molar-refractivity contribution is 8.00. The van der Waals surface area contributed by atoms with Crippen molar-refractivity contribution in [1.82, 2.24) is 4.98 Å². The quantitative estimate of drug-likeness (QED) is 0.851. The molecule has 2 heterocycles. The SMILES string of the molecule is Cc1cc(CN)cnc1N1CCSC(C)C1. The van der Waals surface area contributed by atoms with Gasteiger partial charge in [0, 0.05) is 36.8 Å². The highest BCUT2D eigenvalue weighted by Gasteiger charge is 2.19. The largest absolute Gasteiger partial charge is 0.354 e. The maximum Gasteiger partial charge on any atom is 0.131 e. The Morgan fingerprint density at radius 2 is 2.44 bits per heavy atom. The first-order chi connectivity index (χ1) is 7.70. The molecule has 1 atom stereocenters. The van der Waals surface area contributed by atoms with Crippen LogP contribution in [-0.4, -0.2) is 29.1 Å². The minimum Gasteiger partial charge on any atom is -0.354 e. The van der Waals surface area contributed by atoms with E-state index in [-0.39, 0.29) is 0 Å². The molecule has 0 radical (unpaired) electrons. The van der Waals surface area contributed by atoms with Crippen molar-refractivity contribution in [3.63, 3.8) is 0 Å². The van der Waals surface area contributed by atoms with Crippen LogP contribution in [0.15, 0.2) is 12.3 Å².